The van der Waals surface area contributed by atoms with E-state index in [0.717, 1.165) is 6.07 Å². The summed E-state index contributed by atoms with van der Waals surface area (Å²) < 4.78 is 51.8. The van der Waals surface area contributed by atoms with Crippen molar-refractivity contribution in [2.75, 3.05) is 36.7 Å². The highest BCUT2D eigenvalue weighted by Crippen LogP contribution is 2.41. The van der Waals surface area contributed by atoms with Crippen molar-refractivity contribution in [3.05, 3.63) is 59.7 Å². The second kappa shape index (κ2) is 12.2. The Morgan fingerprint density at radius 2 is 1.61 bits per heavy atom. The molecular weight excluding hydrogens is 543 g/mol. The van der Waals surface area contributed by atoms with Gasteiger partial charge in [0.2, 0.25) is 11.8 Å². The SMILES string of the molecule is COc1ccc(-c2cccc(C(=O)CC(=O)Nc3cc(C(F)(F)F)c(N(C)C)cc3NC(=O)OC(C)(C)C)c2)nn1. The monoisotopic (exact) mass is 573 g/mol. The lowest BCUT2D eigenvalue weighted by Crippen LogP contribution is -2.28. The van der Waals surface area contributed by atoms with Crippen LogP contribution in [0.15, 0.2) is 48.5 Å². The average Bonchev–Trinajstić information content (AvgIpc) is 2.87. The summed E-state index contributed by atoms with van der Waals surface area (Å²) in [6.07, 6.45) is -6.39. The van der Waals surface area contributed by atoms with Crippen molar-refractivity contribution in [1.29, 1.82) is 0 Å². The Kier molecular flexibility index (Phi) is 9.21. The maximum atomic E-state index is 13.9. The van der Waals surface area contributed by atoms with Crippen LogP contribution in [-0.2, 0) is 15.7 Å². The van der Waals surface area contributed by atoms with Crippen molar-refractivity contribution in [3.63, 3.8) is 0 Å². The number of alkyl halides is 3. The molecule has 1 heterocycles. The van der Waals surface area contributed by atoms with Gasteiger partial charge in [0.1, 0.15) is 5.60 Å². The topological polar surface area (TPSA) is 123 Å². The minimum atomic E-state index is -4.77. The molecule has 0 saturated carbocycles. The van der Waals surface area contributed by atoms with Gasteiger partial charge in [-0.15, -0.1) is 10.2 Å². The molecule has 0 fully saturated rings. The smallest absolute Gasteiger partial charge is 0.418 e. The molecule has 0 aliphatic heterocycles. The Hall–Kier alpha value is -4.68. The third kappa shape index (κ3) is 8.40. The van der Waals surface area contributed by atoms with E-state index in [1.54, 1.807) is 45.0 Å². The third-order valence-electron chi connectivity index (χ3n) is 5.48. The molecule has 0 bridgehead atoms. The van der Waals surface area contributed by atoms with Crippen molar-refractivity contribution in [3.8, 4) is 17.1 Å². The van der Waals surface area contributed by atoms with Gasteiger partial charge in [-0.1, -0.05) is 18.2 Å². The number of ether oxygens (including phenoxy) is 2. The van der Waals surface area contributed by atoms with Crippen molar-refractivity contribution < 1.29 is 37.0 Å². The number of methoxy groups -OCH3 is 1. The minimum Gasteiger partial charge on any atom is -0.480 e. The molecule has 0 atom stereocenters. The number of aromatic nitrogens is 2. The first-order chi connectivity index (χ1) is 19.1. The van der Waals surface area contributed by atoms with E-state index in [1.165, 1.54) is 38.2 Å². The number of amides is 2. The van der Waals surface area contributed by atoms with Gasteiger partial charge in [0, 0.05) is 31.3 Å². The number of carbonyl (C=O) groups is 3. The Morgan fingerprint density at radius 1 is 0.927 bits per heavy atom. The summed E-state index contributed by atoms with van der Waals surface area (Å²) in [7, 11) is 4.26. The van der Waals surface area contributed by atoms with Gasteiger partial charge >= 0.3 is 12.3 Å². The van der Waals surface area contributed by atoms with Gasteiger partial charge in [0.25, 0.3) is 0 Å². The molecule has 0 saturated heterocycles. The van der Waals surface area contributed by atoms with E-state index >= 15 is 0 Å². The van der Waals surface area contributed by atoms with Crippen LogP contribution < -0.4 is 20.3 Å². The molecule has 13 heteroatoms. The number of benzene rings is 2. The van der Waals surface area contributed by atoms with E-state index < -0.39 is 41.5 Å². The lowest BCUT2D eigenvalue weighted by molar-refractivity contribution is -0.137. The Bertz CT molecular complexity index is 1430. The molecule has 3 aromatic rings. The van der Waals surface area contributed by atoms with Crippen LogP contribution in [0.3, 0.4) is 0 Å². The van der Waals surface area contributed by atoms with Crippen LogP contribution >= 0.6 is 0 Å². The number of nitrogens with zero attached hydrogens (tertiary/aromatic N) is 3. The number of ketones is 1. The third-order valence-corrected chi connectivity index (χ3v) is 5.48. The first-order valence-electron chi connectivity index (χ1n) is 12.3. The summed E-state index contributed by atoms with van der Waals surface area (Å²) in [5, 5.41) is 12.6. The molecule has 2 amide bonds. The molecule has 1 aromatic heterocycles. The number of carbonyl (C=O) groups excluding carboxylic acids is 3. The zero-order chi connectivity index (χ0) is 30.5. The van der Waals surface area contributed by atoms with Crippen LogP contribution in [-0.4, -0.2) is 54.8 Å². The van der Waals surface area contributed by atoms with E-state index in [9.17, 15) is 27.6 Å². The highest BCUT2D eigenvalue weighted by molar-refractivity contribution is 6.12. The lowest BCUT2D eigenvalue weighted by atomic mass is 10.0. The van der Waals surface area contributed by atoms with Crippen molar-refractivity contribution >= 4 is 34.8 Å². The summed E-state index contributed by atoms with van der Waals surface area (Å²) in [6.45, 7) is 4.86. The minimum absolute atomic E-state index is 0.142. The fourth-order valence-corrected chi connectivity index (χ4v) is 3.68. The zero-order valence-electron chi connectivity index (χ0n) is 23.3. The van der Waals surface area contributed by atoms with Crippen LogP contribution in [0.25, 0.3) is 11.3 Å². The number of hydrogen-bond acceptors (Lipinski definition) is 8. The molecule has 0 spiro atoms. The summed E-state index contributed by atoms with van der Waals surface area (Å²) in [4.78, 5) is 39.4. The summed E-state index contributed by atoms with van der Waals surface area (Å²) in [5.74, 6) is -1.17. The Balaban J connectivity index is 1.88. The molecule has 0 unspecified atom stereocenters. The van der Waals surface area contributed by atoms with E-state index in [2.05, 4.69) is 20.8 Å². The number of hydrogen-bond donors (Lipinski definition) is 2. The van der Waals surface area contributed by atoms with Gasteiger partial charge in [-0.3, -0.25) is 14.9 Å². The summed E-state index contributed by atoms with van der Waals surface area (Å²) >= 11 is 0. The van der Waals surface area contributed by atoms with Crippen LogP contribution in [0.2, 0.25) is 0 Å². The van der Waals surface area contributed by atoms with Gasteiger partial charge in [0.05, 0.1) is 41.9 Å². The number of Topliss-reactive ketones (excluding diaryl/α,β-unsaturated/α-hetero) is 1. The predicted octanol–water partition coefficient (Wildman–Crippen LogP) is 5.80. The van der Waals surface area contributed by atoms with Crippen LogP contribution in [0.1, 0.15) is 43.1 Å². The van der Waals surface area contributed by atoms with Crippen molar-refractivity contribution in [2.45, 2.75) is 39.0 Å². The van der Waals surface area contributed by atoms with Gasteiger partial charge < -0.3 is 19.7 Å². The fraction of sp³-hybridized carbons (Fsp3) is 0.321. The number of halogens is 3. The van der Waals surface area contributed by atoms with E-state index in [-0.39, 0.29) is 22.6 Å². The molecule has 218 valence electrons. The predicted molar refractivity (Wildman–Crippen MR) is 147 cm³/mol. The highest BCUT2D eigenvalue weighted by Gasteiger charge is 2.36. The normalized spacial score (nSPS) is 11.4. The highest BCUT2D eigenvalue weighted by atomic mass is 19.4. The van der Waals surface area contributed by atoms with Gasteiger partial charge in [-0.25, -0.2) is 4.79 Å². The van der Waals surface area contributed by atoms with E-state index in [1.807, 2.05) is 0 Å². The number of anilines is 3. The second-order valence-corrected chi connectivity index (χ2v) is 10.1. The average molecular weight is 574 g/mol. The molecule has 41 heavy (non-hydrogen) atoms. The fourth-order valence-electron chi connectivity index (χ4n) is 3.68. The van der Waals surface area contributed by atoms with Crippen molar-refractivity contribution in [1.82, 2.24) is 10.2 Å². The maximum Gasteiger partial charge on any atom is 0.418 e. The molecule has 0 radical (unpaired) electrons. The maximum absolute atomic E-state index is 13.9. The quantitative estimate of drug-likeness (QED) is 0.256. The number of rotatable bonds is 8. The molecule has 10 nitrogen and oxygen atoms in total. The molecule has 0 aliphatic rings. The Morgan fingerprint density at radius 3 is 2.17 bits per heavy atom. The first kappa shape index (κ1) is 30.9. The van der Waals surface area contributed by atoms with E-state index in [4.69, 9.17) is 9.47 Å². The molecule has 2 N–H and O–H groups in total. The zero-order valence-corrected chi connectivity index (χ0v) is 23.3. The molecular formula is C28H30F3N5O5. The van der Waals surface area contributed by atoms with Crippen LogP contribution in [0, 0.1) is 0 Å². The summed E-state index contributed by atoms with van der Waals surface area (Å²) in [6, 6.07) is 11.4. The van der Waals surface area contributed by atoms with Gasteiger partial charge in [-0.2, -0.15) is 13.2 Å². The Labute approximate surface area is 234 Å². The van der Waals surface area contributed by atoms with Crippen LogP contribution in [0.4, 0.5) is 35.0 Å². The van der Waals surface area contributed by atoms with E-state index in [0.29, 0.717) is 23.2 Å². The number of nitrogens with one attached hydrogen (secondary N) is 2. The largest absolute Gasteiger partial charge is 0.480 e. The molecule has 3 rings (SSSR count). The second-order valence-electron chi connectivity index (χ2n) is 10.1. The standard InChI is InChI=1S/C28H30F3N5O5/c1-27(2,3)41-26(39)33-21-14-22(36(4)5)18(28(29,30)31)13-20(21)32-24(38)15-23(37)17-9-7-8-16(12-17)19-10-11-25(40-6)35-34-19/h7-14H,15H2,1-6H3,(H,32,38)(H,33,39). The lowest BCUT2D eigenvalue weighted by Gasteiger charge is -2.24. The van der Waals surface area contributed by atoms with Gasteiger partial charge in [-0.05, 0) is 45.0 Å². The van der Waals surface area contributed by atoms with Crippen LogP contribution in [0.5, 0.6) is 5.88 Å². The van der Waals surface area contributed by atoms with Gasteiger partial charge in [0.15, 0.2) is 5.78 Å². The summed E-state index contributed by atoms with van der Waals surface area (Å²) in [5.41, 5.74) is -1.48. The molecule has 2 aromatic carbocycles. The molecule has 0 aliphatic carbocycles. The van der Waals surface area contributed by atoms with Crippen molar-refractivity contribution in [2.24, 2.45) is 0 Å². The first-order valence-corrected chi connectivity index (χ1v) is 12.3.